The van der Waals surface area contributed by atoms with Crippen LogP contribution in [0.4, 0.5) is 0 Å². The number of hydrogen-bond donors (Lipinski definition) is 1. The Labute approximate surface area is 103 Å². The van der Waals surface area contributed by atoms with Crippen molar-refractivity contribution in [1.29, 1.82) is 0 Å². The molecule has 0 spiro atoms. The molecule has 86 valence electrons. The molecule has 0 aromatic carbocycles. The van der Waals surface area contributed by atoms with Crippen LogP contribution >= 0.6 is 35.0 Å². The lowest BCUT2D eigenvalue weighted by atomic mass is 10.2. The van der Waals surface area contributed by atoms with Gasteiger partial charge in [0.2, 0.25) is 0 Å². The summed E-state index contributed by atoms with van der Waals surface area (Å²) in [6.07, 6.45) is 0.166. The van der Waals surface area contributed by atoms with Gasteiger partial charge in [-0.25, -0.2) is 0 Å². The average molecular weight is 270 g/mol. The first-order valence-corrected chi connectivity index (χ1v) is 6.58. The molecule has 0 aromatic rings. The minimum Gasteiger partial charge on any atom is -0.481 e. The van der Waals surface area contributed by atoms with E-state index in [2.05, 4.69) is 4.90 Å². The second-order valence-electron chi connectivity index (χ2n) is 3.35. The Morgan fingerprint density at radius 3 is 3.00 bits per heavy atom. The molecule has 1 aliphatic heterocycles. The molecular formula is C9H13Cl2NO2S. The molecule has 1 saturated heterocycles. The van der Waals surface area contributed by atoms with Gasteiger partial charge in [-0.2, -0.15) is 11.8 Å². The van der Waals surface area contributed by atoms with E-state index in [1.807, 2.05) is 0 Å². The molecule has 1 aliphatic rings. The maximum Gasteiger partial charge on any atom is 0.304 e. The molecule has 1 fully saturated rings. The number of rotatable bonds is 4. The van der Waals surface area contributed by atoms with Crippen molar-refractivity contribution in [3.05, 3.63) is 10.6 Å². The molecule has 6 heteroatoms. The lowest BCUT2D eigenvalue weighted by Gasteiger charge is -2.34. The first-order valence-electron chi connectivity index (χ1n) is 4.62. The van der Waals surface area contributed by atoms with Gasteiger partial charge < -0.3 is 5.11 Å². The van der Waals surface area contributed by atoms with Crippen molar-refractivity contribution in [3.63, 3.8) is 0 Å². The molecular weight excluding hydrogens is 257 g/mol. The molecule has 1 unspecified atom stereocenters. The van der Waals surface area contributed by atoms with Crippen molar-refractivity contribution in [2.24, 2.45) is 0 Å². The molecule has 0 saturated carbocycles. The zero-order valence-corrected chi connectivity index (χ0v) is 10.5. The van der Waals surface area contributed by atoms with E-state index in [1.54, 1.807) is 11.8 Å². The summed E-state index contributed by atoms with van der Waals surface area (Å²) in [7, 11) is 0. The van der Waals surface area contributed by atoms with E-state index in [0.29, 0.717) is 11.6 Å². The standard InChI is InChI=1S/C9H13Cl2NO2S/c10-4-7(11)5-12-1-2-15-6-8(12)3-9(13)14/h4,8H,1-3,5-6H2,(H,13,14). The molecule has 0 radical (unpaired) electrons. The number of carboxylic acids is 1. The van der Waals surface area contributed by atoms with Gasteiger partial charge in [-0.3, -0.25) is 9.69 Å². The van der Waals surface area contributed by atoms with Gasteiger partial charge in [-0.15, -0.1) is 0 Å². The van der Waals surface area contributed by atoms with Gasteiger partial charge >= 0.3 is 5.97 Å². The number of carboxylic acid groups (broad SMARTS) is 1. The molecule has 1 heterocycles. The zero-order valence-electron chi connectivity index (χ0n) is 8.16. The highest BCUT2D eigenvalue weighted by molar-refractivity contribution is 7.99. The fourth-order valence-electron chi connectivity index (χ4n) is 1.52. The first kappa shape index (κ1) is 13.2. The van der Waals surface area contributed by atoms with Crippen LogP contribution < -0.4 is 0 Å². The molecule has 1 N–H and O–H groups in total. The predicted octanol–water partition coefficient (Wildman–Crippen LogP) is 2.20. The van der Waals surface area contributed by atoms with Crippen molar-refractivity contribution in [2.75, 3.05) is 24.6 Å². The van der Waals surface area contributed by atoms with Crippen LogP contribution in [0.3, 0.4) is 0 Å². The van der Waals surface area contributed by atoms with Gasteiger partial charge in [0.15, 0.2) is 0 Å². The Morgan fingerprint density at radius 2 is 2.40 bits per heavy atom. The summed E-state index contributed by atoms with van der Waals surface area (Å²) in [5.41, 5.74) is 1.33. The maximum atomic E-state index is 10.7. The van der Waals surface area contributed by atoms with Gasteiger partial charge in [0, 0.05) is 41.2 Å². The van der Waals surface area contributed by atoms with Crippen LogP contribution in [-0.4, -0.2) is 46.6 Å². The zero-order chi connectivity index (χ0) is 11.3. The summed E-state index contributed by atoms with van der Waals surface area (Å²) in [5, 5.41) is 9.32. The SMILES string of the molecule is O=C(O)CC1CSCCN1CC(Cl)=CCl. The van der Waals surface area contributed by atoms with Crippen molar-refractivity contribution in [2.45, 2.75) is 12.5 Å². The molecule has 15 heavy (non-hydrogen) atoms. The van der Waals surface area contributed by atoms with E-state index in [9.17, 15) is 4.79 Å². The van der Waals surface area contributed by atoms with Crippen molar-refractivity contribution >= 4 is 40.9 Å². The molecule has 3 nitrogen and oxygen atoms in total. The summed E-state index contributed by atoms with van der Waals surface area (Å²) < 4.78 is 0. The van der Waals surface area contributed by atoms with Gasteiger partial charge in [0.1, 0.15) is 0 Å². The van der Waals surface area contributed by atoms with E-state index in [1.165, 1.54) is 5.54 Å². The molecule has 1 atom stereocenters. The van der Waals surface area contributed by atoms with E-state index in [0.717, 1.165) is 18.1 Å². The second-order valence-corrected chi connectivity index (χ2v) is 5.21. The average Bonchev–Trinajstić information content (AvgIpc) is 2.20. The Balaban J connectivity index is 2.53. The summed E-state index contributed by atoms with van der Waals surface area (Å²) in [6.45, 7) is 1.41. The highest BCUT2D eigenvalue weighted by Gasteiger charge is 2.25. The number of aliphatic carboxylic acids is 1. The largest absolute Gasteiger partial charge is 0.481 e. The van der Waals surface area contributed by atoms with E-state index >= 15 is 0 Å². The lowest BCUT2D eigenvalue weighted by Crippen LogP contribution is -2.44. The van der Waals surface area contributed by atoms with Gasteiger partial charge in [0.25, 0.3) is 0 Å². The fourth-order valence-corrected chi connectivity index (χ4v) is 2.87. The monoisotopic (exact) mass is 269 g/mol. The molecule has 1 rings (SSSR count). The van der Waals surface area contributed by atoms with Crippen molar-refractivity contribution in [1.82, 2.24) is 4.90 Å². The minimum atomic E-state index is -0.765. The van der Waals surface area contributed by atoms with Crippen LogP contribution in [0.25, 0.3) is 0 Å². The van der Waals surface area contributed by atoms with Crippen LogP contribution in [0, 0.1) is 0 Å². The van der Waals surface area contributed by atoms with Crippen LogP contribution in [0.15, 0.2) is 10.6 Å². The maximum absolute atomic E-state index is 10.7. The molecule has 0 aromatic heterocycles. The third-order valence-electron chi connectivity index (χ3n) is 2.23. The second kappa shape index (κ2) is 6.63. The van der Waals surface area contributed by atoms with Crippen molar-refractivity contribution in [3.8, 4) is 0 Å². The minimum absolute atomic E-state index is 0.0617. The summed E-state index contributed by atoms with van der Waals surface area (Å²) in [6, 6.07) is 0.0617. The Bertz CT molecular complexity index is 260. The number of halogens is 2. The Hall–Kier alpha value is 0.1000. The number of thioether (sulfide) groups is 1. The third kappa shape index (κ3) is 4.64. The van der Waals surface area contributed by atoms with E-state index < -0.39 is 5.97 Å². The molecule has 0 amide bonds. The summed E-state index contributed by atoms with van der Waals surface area (Å²) in [5.74, 6) is 1.10. The topological polar surface area (TPSA) is 40.5 Å². The highest BCUT2D eigenvalue weighted by Crippen LogP contribution is 2.21. The van der Waals surface area contributed by atoms with Crippen molar-refractivity contribution < 1.29 is 9.90 Å². The van der Waals surface area contributed by atoms with Gasteiger partial charge in [0.05, 0.1) is 6.42 Å². The summed E-state index contributed by atoms with van der Waals surface area (Å²) in [4.78, 5) is 12.7. The quantitative estimate of drug-likeness (QED) is 0.850. The third-order valence-corrected chi connectivity index (χ3v) is 3.93. The summed E-state index contributed by atoms with van der Waals surface area (Å²) >= 11 is 13.1. The lowest BCUT2D eigenvalue weighted by molar-refractivity contribution is -0.138. The number of nitrogens with zero attached hydrogens (tertiary/aromatic N) is 1. The van der Waals surface area contributed by atoms with E-state index in [-0.39, 0.29) is 12.5 Å². The van der Waals surface area contributed by atoms with E-state index in [4.69, 9.17) is 28.3 Å². The smallest absolute Gasteiger partial charge is 0.304 e. The van der Waals surface area contributed by atoms with Crippen LogP contribution in [0.2, 0.25) is 0 Å². The Morgan fingerprint density at radius 1 is 1.67 bits per heavy atom. The van der Waals surface area contributed by atoms with Gasteiger partial charge in [-0.1, -0.05) is 23.2 Å². The fraction of sp³-hybridized carbons (Fsp3) is 0.667. The van der Waals surface area contributed by atoms with Crippen LogP contribution in [-0.2, 0) is 4.79 Å². The normalized spacial score (nSPS) is 24.1. The Kier molecular flexibility index (Phi) is 5.82. The molecule has 0 bridgehead atoms. The number of hydrogen-bond acceptors (Lipinski definition) is 3. The number of carbonyl (C=O) groups is 1. The first-order chi connectivity index (χ1) is 7.13. The van der Waals surface area contributed by atoms with Gasteiger partial charge in [-0.05, 0) is 0 Å². The molecule has 0 aliphatic carbocycles. The predicted molar refractivity (Wildman–Crippen MR) is 64.7 cm³/mol. The highest BCUT2D eigenvalue weighted by atomic mass is 35.5. The van der Waals surface area contributed by atoms with Crippen LogP contribution in [0.1, 0.15) is 6.42 Å². The van der Waals surface area contributed by atoms with Crippen LogP contribution in [0.5, 0.6) is 0 Å².